The first-order chi connectivity index (χ1) is 9.61. The van der Waals surface area contributed by atoms with Crippen LogP contribution in [0.2, 0.25) is 0 Å². The quantitative estimate of drug-likeness (QED) is 0.876. The predicted octanol–water partition coefficient (Wildman–Crippen LogP) is 3.34. The monoisotopic (exact) mass is 275 g/mol. The van der Waals surface area contributed by atoms with Crippen LogP contribution in [-0.2, 0) is 19.6 Å². The molecule has 4 heteroatoms. The Morgan fingerprint density at radius 3 is 2.55 bits per heavy atom. The fourth-order valence-corrected chi connectivity index (χ4v) is 2.40. The van der Waals surface area contributed by atoms with E-state index in [0.29, 0.717) is 11.1 Å². The van der Waals surface area contributed by atoms with Crippen LogP contribution in [0.1, 0.15) is 35.7 Å². The highest BCUT2D eigenvalue weighted by molar-refractivity contribution is 5.30. The maximum atomic E-state index is 13.6. The maximum Gasteiger partial charge on any atom is 0.129 e. The summed E-state index contributed by atoms with van der Waals surface area (Å²) in [6.45, 7) is 8.21. The molecule has 108 valence electrons. The lowest BCUT2D eigenvalue weighted by Crippen LogP contribution is -2.16. The molecule has 3 nitrogen and oxygen atoms in total. The van der Waals surface area contributed by atoms with Crippen LogP contribution in [0, 0.1) is 19.7 Å². The van der Waals surface area contributed by atoms with Crippen LogP contribution in [0.15, 0.2) is 24.4 Å². The predicted molar refractivity (Wildman–Crippen MR) is 78.9 cm³/mol. The van der Waals surface area contributed by atoms with Gasteiger partial charge in [-0.2, -0.15) is 5.10 Å². The molecular formula is C16H22FN3. The van der Waals surface area contributed by atoms with Crippen LogP contribution in [0.4, 0.5) is 4.39 Å². The van der Waals surface area contributed by atoms with Gasteiger partial charge in [0.05, 0.1) is 5.69 Å². The highest BCUT2D eigenvalue weighted by Gasteiger charge is 2.05. The van der Waals surface area contributed by atoms with Crippen LogP contribution in [0.3, 0.4) is 0 Å². The summed E-state index contributed by atoms with van der Waals surface area (Å²) in [5.74, 6) is -0.102. The molecule has 0 atom stereocenters. The first kappa shape index (κ1) is 14.7. The lowest BCUT2D eigenvalue weighted by atomic mass is 10.1. The standard InChI is InChI=1S/C16H22FN3/c1-4-7-20-15(5-6-19-20)11-18-10-14-8-12(2)16(17)13(3)9-14/h5-6,8-9,18H,4,7,10-11H2,1-3H3. The summed E-state index contributed by atoms with van der Waals surface area (Å²) in [6, 6.07) is 5.83. The molecule has 0 spiro atoms. The smallest absolute Gasteiger partial charge is 0.129 e. The van der Waals surface area contributed by atoms with E-state index < -0.39 is 0 Å². The van der Waals surface area contributed by atoms with Gasteiger partial charge < -0.3 is 5.32 Å². The fourth-order valence-electron chi connectivity index (χ4n) is 2.40. The lowest BCUT2D eigenvalue weighted by Gasteiger charge is -2.10. The van der Waals surface area contributed by atoms with Gasteiger partial charge in [0, 0.05) is 25.8 Å². The Bertz CT molecular complexity index is 552. The molecule has 0 radical (unpaired) electrons. The van der Waals surface area contributed by atoms with E-state index in [0.717, 1.165) is 31.6 Å². The van der Waals surface area contributed by atoms with Gasteiger partial charge in [-0.15, -0.1) is 0 Å². The van der Waals surface area contributed by atoms with Crippen LogP contribution in [0.5, 0.6) is 0 Å². The topological polar surface area (TPSA) is 29.9 Å². The van der Waals surface area contributed by atoms with E-state index in [9.17, 15) is 4.39 Å². The number of aryl methyl sites for hydroxylation is 3. The molecular weight excluding hydrogens is 253 g/mol. The van der Waals surface area contributed by atoms with Gasteiger partial charge in [-0.05, 0) is 43.0 Å². The zero-order valence-corrected chi connectivity index (χ0v) is 12.4. The lowest BCUT2D eigenvalue weighted by molar-refractivity contribution is 0.549. The van der Waals surface area contributed by atoms with Gasteiger partial charge in [0.15, 0.2) is 0 Å². The SMILES string of the molecule is CCCn1nccc1CNCc1cc(C)c(F)c(C)c1. The van der Waals surface area contributed by atoms with Crippen molar-refractivity contribution in [1.29, 1.82) is 0 Å². The summed E-state index contributed by atoms with van der Waals surface area (Å²) in [5.41, 5.74) is 3.71. The molecule has 0 saturated heterocycles. The highest BCUT2D eigenvalue weighted by Crippen LogP contribution is 2.14. The average Bonchev–Trinajstić information content (AvgIpc) is 2.84. The second-order valence-electron chi connectivity index (χ2n) is 5.19. The second kappa shape index (κ2) is 6.66. The zero-order chi connectivity index (χ0) is 14.5. The highest BCUT2D eigenvalue weighted by atomic mass is 19.1. The molecule has 2 aromatic rings. The van der Waals surface area contributed by atoms with Crippen molar-refractivity contribution in [2.45, 2.75) is 46.8 Å². The van der Waals surface area contributed by atoms with Crippen molar-refractivity contribution in [2.24, 2.45) is 0 Å². The molecule has 0 aliphatic rings. The van der Waals surface area contributed by atoms with E-state index >= 15 is 0 Å². The first-order valence-electron chi connectivity index (χ1n) is 7.09. The summed E-state index contributed by atoms with van der Waals surface area (Å²) in [6.07, 6.45) is 2.91. The van der Waals surface area contributed by atoms with E-state index in [1.165, 1.54) is 5.69 Å². The van der Waals surface area contributed by atoms with E-state index in [1.807, 2.05) is 42.9 Å². The Kier molecular flexibility index (Phi) is 4.90. The number of halogens is 1. The van der Waals surface area contributed by atoms with E-state index in [4.69, 9.17) is 0 Å². The molecule has 0 amide bonds. The molecule has 0 unspecified atom stereocenters. The third-order valence-corrected chi connectivity index (χ3v) is 3.37. The van der Waals surface area contributed by atoms with Crippen molar-refractivity contribution in [1.82, 2.24) is 15.1 Å². The minimum atomic E-state index is -0.102. The Labute approximate surface area is 119 Å². The van der Waals surface area contributed by atoms with Crippen molar-refractivity contribution in [3.05, 3.63) is 52.6 Å². The third kappa shape index (κ3) is 3.45. The Hall–Kier alpha value is -1.68. The number of benzene rings is 1. The summed E-state index contributed by atoms with van der Waals surface area (Å²) >= 11 is 0. The van der Waals surface area contributed by atoms with E-state index in [2.05, 4.69) is 17.3 Å². The largest absolute Gasteiger partial charge is 0.307 e. The first-order valence-corrected chi connectivity index (χ1v) is 7.09. The molecule has 1 aromatic heterocycles. The second-order valence-corrected chi connectivity index (χ2v) is 5.19. The number of rotatable bonds is 6. The van der Waals surface area contributed by atoms with Gasteiger partial charge in [0.25, 0.3) is 0 Å². The maximum absolute atomic E-state index is 13.6. The summed E-state index contributed by atoms with van der Waals surface area (Å²) < 4.78 is 15.6. The molecule has 0 saturated carbocycles. The van der Waals surface area contributed by atoms with Crippen molar-refractivity contribution in [3.8, 4) is 0 Å². The number of nitrogens with zero attached hydrogens (tertiary/aromatic N) is 2. The molecule has 0 bridgehead atoms. The van der Waals surface area contributed by atoms with Gasteiger partial charge in [-0.3, -0.25) is 4.68 Å². The van der Waals surface area contributed by atoms with Gasteiger partial charge >= 0.3 is 0 Å². The van der Waals surface area contributed by atoms with Gasteiger partial charge in [0.1, 0.15) is 5.82 Å². The van der Waals surface area contributed by atoms with Gasteiger partial charge in [-0.1, -0.05) is 19.1 Å². The van der Waals surface area contributed by atoms with Crippen LogP contribution in [-0.4, -0.2) is 9.78 Å². The summed E-state index contributed by atoms with van der Waals surface area (Å²) in [5, 5.41) is 7.69. The van der Waals surface area contributed by atoms with E-state index in [-0.39, 0.29) is 5.82 Å². The Morgan fingerprint density at radius 1 is 1.20 bits per heavy atom. The Balaban J connectivity index is 1.94. The summed E-state index contributed by atoms with van der Waals surface area (Å²) in [7, 11) is 0. The minimum absolute atomic E-state index is 0.102. The molecule has 1 heterocycles. The fraction of sp³-hybridized carbons (Fsp3) is 0.438. The molecule has 1 N–H and O–H groups in total. The average molecular weight is 275 g/mol. The van der Waals surface area contributed by atoms with Crippen molar-refractivity contribution in [3.63, 3.8) is 0 Å². The van der Waals surface area contributed by atoms with Crippen molar-refractivity contribution < 1.29 is 4.39 Å². The number of nitrogens with one attached hydrogen (secondary N) is 1. The Morgan fingerprint density at radius 2 is 1.90 bits per heavy atom. The molecule has 20 heavy (non-hydrogen) atoms. The van der Waals surface area contributed by atoms with Crippen molar-refractivity contribution in [2.75, 3.05) is 0 Å². The minimum Gasteiger partial charge on any atom is -0.307 e. The zero-order valence-electron chi connectivity index (χ0n) is 12.4. The molecule has 0 fully saturated rings. The molecule has 0 aliphatic heterocycles. The van der Waals surface area contributed by atoms with Crippen LogP contribution < -0.4 is 5.32 Å². The van der Waals surface area contributed by atoms with Crippen molar-refractivity contribution >= 4 is 0 Å². The van der Waals surface area contributed by atoms with Crippen LogP contribution in [0.25, 0.3) is 0 Å². The van der Waals surface area contributed by atoms with Gasteiger partial charge in [-0.25, -0.2) is 4.39 Å². The summed E-state index contributed by atoms with van der Waals surface area (Å²) in [4.78, 5) is 0. The van der Waals surface area contributed by atoms with Crippen LogP contribution >= 0.6 is 0 Å². The van der Waals surface area contributed by atoms with E-state index in [1.54, 1.807) is 0 Å². The molecule has 1 aromatic carbocycles. The molecule has 0 aliphatic carbocycles. The number of hydrogen-bond acceptors (Lipinski definition) is 2. The number of hydrogen-bond donors (Lipinski definition) is 1. The van der Waals surface area contributed by atoms with Gasteiger partial charge in [0.2, 0.25) is 0 Å². The molecule has 2 rings (SSSR count). The normalized spacial score (nSPS) is 11.0. The third-order valence-electron chi connectivity index (χ3n) is 3.37. The number of aromatic nitrogens is 2.